The normalized spacial score (nSPS) is 11.5. The number of amides is 1. The van der Waals surface area contributed by atoms with Crippen molar-refractivity contribution >= 4 is 27.5 Å². The summed E-state index contributed by atoms with van der Waals surface area (Å²) in [6, 6.07) is 2.57. The third-order valence-corrected chi connectivity index (χ3v) is 5.48. The Hall–Kier alpha value is -2.00. The maximum absolute atomic E-state index is 14.1. The Bertz CT molecular complexity index is 859. The van der Waals surface area contributed by atoms with Crippen LogP contribution in [0.1, 0.15) is 13.8 Å². The molecule has 0 aliphatic carbocycles. The monoisotopic (exact) mass is 377 g/mol. The van der Waals surface area contributed by atoms with Gasteiger partial charge >= 0.3 is 6.03 Å². The molecule has 24 heavy (non-hydrogen) atoms. The number of carbonyl (C=O) groups is 1. The number of rotatable bonds is 4. The molecule has 0 bridgehead atoms. The molecule has 1 heterocycles. The first kappa shape index (κ1) is 18.3. The molecule has 2 aromatic rings. The third kappa shape index (κ3) is 3.13. The van der Waals surface area contributed by atoms with Crippen molar-refractivity contribution in [3.63, 3.8) is 0 Å². The zero-order valence-corrected chi connectivity index (χ0v) is 14.4. The van der Waals surface area contributed by atoms with Crippen LogP contribution in [0.15, 0.2) is 34.3 Å². The number of benzene rings is 1. The second-order valence-corrected chi connectivity index (χ2v) is 6.94. The van der Waals surface area contributed by atoms with Gasteiger partial charge in [0, 0.05) is 13.1 Å². The largest absolute Gasteiger partial charge is 0.344 e. The Morgan fingerprint density at radius 2 is 1.88 bits per heavy atom. The van der Waals surface area contributed by atoms with Crippen LogP contribution in [0.25, 0.3) is 0 Å². The summed E-state index contributed by atoms with van der Waals surface area (Å²) in [6.07, 6.45) is 0.641. The summed E-state index contributed by atoms with van der Waals surface area (Å²) in [7, 11) is -4.67. The summed E-state index contributed by atoms with van der Waals surface area (Å²) in [5, 5.41) is 2.03. The van der Waals surface area contributed by atoms with Crippen molar-refractivity contribution < 1.29 is 22.0 Å². The zero-order valence-electron chi connectivity index (χ0n) is 12.8. The Kier molecular flexibility index (Phi) is 5.24. The van der Waals surface area contributed by atoms with Gasteiger partial charge in [-0.1, -0.05) is 17.7 Å². The first-order valence-electron chi connectivity index (χ1n) is 6.97. The van der Waals surface area contributed by atoms with Crippen molar-refractivity contribution in [2.24, 2.45) is 0 Å². The van der Waals surface area contributed by atoms with Crippen LogP contribution in [0.5, 0.6) is 0 Å². The predicted octanol–water partition coefficient (Wildman–Crippen LogP) is 2.96. The number of hydrogen-bond acceptors (Lipinski definition) is 4. The number of halogens is 3. The van der Waals surface area contributed by atoms with Gasteiger partial charge in [-0.15, -0.1) is 5.10 Å². The molecule has 0 saturated heterocycles. The van der Waals surface area contributed by atoms with Gasteiger partial charge in [0.15, 0.2) is 5.82 Å². The summed E-state index contributed by atoms with van der Waals surface area (Å²) < 4.78 is 53.5. The molecule has 0 aliphatic heterocycles. The Labute approximate surface area is 142 Å². The number of hydrogen-bond donors (Lipinski definition) is 0. The van der Waals surface area contributed by atoms with Gasteiger partial charge in [-0.25, -0.2) is 22.0 Å². The fourth-order valence-electron chi connectivity index (χ4n) is 2.09. The van der Waals surface area contributed by atoms with Gasteiger partial charge in [0.25, 0.3) is 0 Å². The predicted molar refractivity (Wildman–Crippen MR) is 82.8 cm³/mol. The highest BCUT2D eigenvalue weighted by Gasteiger charge is 2.32. The molecule has 1 aromatic carbocycles. The van der Waals surface area contributed by atoms with Gasteiger partial charge in [-0.2, -0.15) is 4.68 Å². The SMILES string of the molecule is CCN(CC)C(=O)n1cc(F)c(S(=O)(=O)c2c(F)cccc2Cl)n1. The van der Waals surface area contributed by atoms with Gasteiger partial charge < -0.3 is 4.90 Å². The second-order valence-electron chi connectivity index (χ2n) is 4.74. The van der Waals surface area contributed by atoms with E-state index in [2.05, 4.69) is 5.10 Å². The molecule has 1 aromatic heterocycles. The smallest absolute Gasteiger partial charge is 0.323 e. The van der Waals surface area contributed by atoms with Gasteiger partial charge in [0.2, 0.25) is 14.9 Å². The summed E-state index contributed by atoms with van der Waals surface area (Å²) >= 11 is 5.73. The van der Waals surface area contributed by atoms with Crippen molar-refractivity contribution in [2.75, 3.05) is 13.1 Å². The first-order chi connectivity index (χ1) is 11.2. The molecule has 130 valence electrons. The minimum Gasteiger partial charge on any atom is -0.323 e. The van der Waals surface area contributed by atoms with E-state index >= 15 is 0 Å². The molecule has 0 spiro atoms. The summed E-state index contributed by atoms with van der Waals surface area (Å²) in [5.41, 5.74) is 0. The lowest BCUT2D eigenvalue weighted by atomic mass is 10.3. The number of sulfone groups is 1. The third-order valence-electron chi connectivity index (χ3n) is 3.31. The molecule has 0 unspecified atom stereocenters. The molecule has 1 amide bonds. The minimum atomic E-state index is -4.67. The van der Waals surface area contributed by atoms with Gasteiger partial charge in [-0.05, 0) is 26.0 Å². The maximum atomic E-state index is 14.1. The van der Waals surface area contributed by atoms with Crippen LogP contribution in [-0.2, 0) is 9.84 Å². The van der Waals surface area contributed by atoms with Crippen LogP contribution in [0.4, 0.5) is 13.6 Å². The first-order valence-corrected chi connectivity index (χ1v) is 8.83. The molecule has 0 atom stereocenters. The van der Waals surface area contributed by atoms with E-state index in [0.717, 1.165) is 12.1 Å². The van der Waals surface area contributed by atoms with Crippen LogP contribution in [-0.4, -0.2) is 42.2 Å². The summed E-state index contributed by atoms with van der Waals surface area (Å²) in [6.45, 7) is 4.08. The summed E-state index contributed by atoms with van der Waals surface area (Å²) in [5.74, 6) is -2.40. The highest BCUT2D eigenvalue weighted by molar-refractivity contribution is 7.91. The molecule has 0 fully saturated rings. The fraction of sp³-hybridized carbons (Fsp3) is 0.286. The van der Waals surface area contributed by atoms with E-state index in [1.807, 2.05) is 0 Å². The van der Waals surface area contributed by atoms with Crippen LogP contribution in [0, 0.1) is 11.6 Å². The second kappa shape index (κ2) is 6.86. The number of nitrogens with zero attached hydrogens (tertiary/aromatic N) is 3. The molecule has 2 rings (SSSR count). The highest BCUT2D eigenvalue weighted by atomic mass is 35.5. The quantitative estimate of drug-likeness (QED) is 0.821. The van der Waals surface area contributed by atoms with Gasteiger partial charge in [0.1, 0.15) is 10.7 Å². The van der Waals surface area contributed by atoms with E-state index in [0.29, 0.717) is 24.0 Å². The van der Waals surface area contributed by atoms with E-state index in [-0.39, 0.29) is 0 Å². The molecule has 0 saturated carbocycles. The highest BCUT2D eigenvalue weighted by Crippen LogP contribution is 2.30. The summed E-state index contributed by atoms with van der Waals surface area (Å²) in [4.78, 5) is 12.6. The van der Waals surface area contributed by atoms with Crippen molar-refractivity contribution in [1.29, 1.82) is 0 Å². The van der Waals surface area contributed by atoms with E-state index in [4.69, 9.17) is 11.6 Å². The van der Waals surface area contributed by atoms with E-state index in [1.165, 1.54) is 11.0 Å². The van der Waals surface area contributed by atoms with E-state index < -0.39 is 42.4 Å². The van der Waals surface area contributed by atoms with Crippen LogP contribution < -0.4 is 0 Å². The van der Waals surface area contributed by atoms with Crippen molar-refractivity contribution in [2.45, 2.75) is 23.8 Å². The lowest BCUT2D eigenvalue weighted by Gasteiger charge is -2.17. The fourth-order valence-corrected chi connectivity index (χ4v) is 3.91. The maximum Gasteiger partial charge on any atom is 0.344 e. The zero-order chi connectivity index (χ0) is 18.1. The Morgan fingerprint density at radius 1 is 1.25 bits per heavy atom. The van der Waals surface area contributed by atoms with E-state index in [9.17, 15) is 22.0 Å². The lowest BCUT2D eigenvalue weighted by Crippen LogP contribution is -2.34. The molecular formula is C14H14ClF2N3O3S. The van der Waals surface area contributed by atoms with Crippen LogP contribution in [0.3, 0.4) is 0 Å². The Morgan fingerprint density at radius 3 is 2.42 bits per heavy atom. The van der Waals surface area contributed by atoms with Gasteiger partial charge in [-0.3, -0.25) is 0 Å². The number of aromatic nitrogens is 2. The minimum absolute atomic E-state index is 0.331. The van der Waals surface area contributed by atoms with Crippen molar-refractivity contribution in [3.05, 3.63) is 41.1 Å². The average Bonchev–Trinajstić information content (AvgIpc) is 2.90. The topological polar surface area (TPSA) is 72.3 Å². The average molecular weight is 378 g/mol. The molecule has 0 radical (unpaired) electrons. The van der Waals surface area contributed by atoms with Crippen LogP contribution >= 0.6 is 11.6 Å². The molecule has 6 nitrogen and oxygen atoms in total. The molecule has 0 N–H and O–H groups in total. The Balaban J connectivity index is 2.56. The molecular weight excluding hydrogens is 364 g/mol. The van der Waals surface area contributed by atoms with E-state index in [1.54, 1.807) is 13.8 Å². The van der Waals surface area contributed by atoms with Crippen molar-refractivity contribution in [3.8, 4) is 0 Å². The molecule has 0 aliphatic rings. The number of carbonyl (C=O) groups excluding carboxylic acids is 1. The van der Waals surface area contributed by atoms with Crippen molar-refractivity contribution in [1.82, 2.24) is 14.7 Å². The van der Waals surface area contributed by atoms with Crippen LogP contribution in [0.2, 0.25) is 5.02 Å². The van der Waals surface area contributed by atoms with Gasteiger partial charge in [0.05, 0.1) is 11.2 Å². The molecule has 10 heteroatoms. The standard InChI is InChI=1S/C14H14ClF2N3O3S/c1-3-19(4-2)14(21)20-8-11(17)13(18-20)24(22,23)12-9(15)6-5-7-10(12)16/h5-8H,3-4H2,1-2H3. The lowest BCUT2D eigenvalue weighted by molar-refractivity contribution is 0.201.